The molecule has 0 spiro atoms. The minimum absolute atomic E-state index is 0.0136. The molecular weight excluding hydrogens is 444 g/mol. The summed E-state index contributed by atoms with van der Waals surface area (Å²) in [5.41, 5.74) is 6.28. The largest absolute Gasteiger partial charge is 0.461 e. The predicted molar refractivity (Wildman–Crippen MR) is 139 cm³/mol. The summed E-state index contributed by atoms with van der Waals surface area (Å²) in [4.78, 5) is 28.7. The third kappa shape index (κ3) is 8.28. The first kappa shape index (κ1) is 29.2. The average molecular weight is 491 g/mol. The van der Waals surface area contributed by atoms with E-state index in [1.54, 1.807) is 0 Å². The minimum Gasteiger partial charge on any atom is -0.461 e. The molecule has 0 saturated carbocycles. The van der Waals surface area contributed by atoms with E-state index in [0.29, 0.717) is 12.3 Å². The molecule has 7 nitrogen and oxygen atoms in total. The number of nitrogens with two attached hydrogens (primary N) is 1. The molecule has 7 atom stereocenters. The number of esters is 1. The lowest BCUT2D eigenvalue weighted by Crippen LogP contribution is -2.43. The first-order valence-corrected chi connectivity index (χ1v) is 13.1. The van der Waals surface area contributed by atoms with Crippen molar-refractivity contribution in [2.75, 3.05) is 7.05 Å². The van der Waals surface area contributed by atoms with E-state index in [9.17, 15) is 19.8 Å². The number of Topliss-reactive ketones (excluding diaryl/α,β-unsaturated/α-hetero) is 1. The second kappa shape index (κ2) is 12.8. The van der Waals surface area contributed by atoms with E-state index in [4.69, 9.17) is 10.5 Å². The van der Waals surface area contributed by atoms with E-state index < -0.39 is 17.6 Å². The highest BCUT2D eigenvalue weighted by atomic mass is 16.5. The van der Waals surface area contributed by atoms with E-state index in [2.05, 4.69) is 37.1 Å². The number of carbonyl (C=O) groups is 2. The van der Waals surface area contributed by atoms with Gasteiger partial charge in [0, 0.05) is 19.4 Å². The van der Waals surface area contributed by atoms with Crippen LogP contribution in [0.25, 0.3) is 0 Å². The Balaban J connectivity index is 2.04. The molecule has 0 unspecified atom stereocenters. The lowest BCUT2D eigenvalue weighted by atomic mass is 9.65. The molecule has 2 aliphatic carbocycles. The van der Waals surface area contributed by atoms with Gasteiger partial charge >= 0.3 is 5.97 Å². The lowest BCUT2D eigenvalue weighted by molar-refractivity contribution is -0.164. The SMILES string of the molecule is CCC(C)(C)C(=O)O[C@H]1C[C@@H](C)C=C2C=C[C@H](C)[C@H](CC[C@@H](O)C[C@@H](O)CC(=O)CC(N)=NC)[C@H]21. The van der Waals surface area contributed by atoms with Crippen LogP contribution >= 0.6 is 0 Å². The summed E-state index contributed by atoms with van der Waals surface area (Å²) in [5.74, 6) is 0.817. The van der Waals surface area contributed by atoms with Crippen molar-refractivity contribution < 1.29 is 24.5 Å². The Bertz CT molecular complexity index is 831. The van der Waals surface area contributed by atoms with E-state index in [1.807, 2.05) is 20.8 Å². The zero-order chi connectivity index (χ0) is 26.3. The highest BCUT2D eigenvalue weighted by Crippen LogP contribution is 2.45. The van der Waals surface area contributed by atoms with Crippen molar-refractivity contribution in [3.05, 3.63) is 23.8 Å². The number of hydrogen-bond donors (Lipinski definition) is 3. The first-order valence-electron chi connectivity index (χ1n) is 13.1. The number of nitrogens with zero attached hydrogens (tertiary/aromatic N) is 1. The highest BCUT2D eigenvalue weighted by molar-refractivity contribution is 6.00. The molecule has 0 fully saturated rings. The Hall–Kier alpha value is -1.99. The van der Waals surface area contributed by atoms with E-state index >= 15 is 0 Å². The number of rotatable bonds is 12. The van der Waals surface area contributed by atoms with Gasteiger partial charge in [-0.15, -0.1) is 0 Å². The monoisotopic (exact) mass is 490 g/mol. The molecule has 0 heterocycles. The maximum absolute atomic E-state index is 12.9. The molecule has 0 aliphatic heterocycles. The highest BCUT2D eigenvalue weighted by Gasteiger charge is 2.42. The zero-order valence-electron chi connectivity index (χ0n) is 22.4. The fraction of sp³-hybridized carbons (Fsp3) is 0.750. The van der Waals surface area contributed by atoms with Crippen molar-refractivity contribution in [1.29, 1.82) is 0 Å². The standard InChI is InChI=1S/C28H46N2O5/c1-7-28(4,5)27(34)35-24-13-17(2)12-19-9-8-18(3)23(26(19)24)11-10-20(31)14-21(32)15-22(33)16-25(29)30-6/h8-9,12,17-18,20-21,23-24,26,31-32H,7,10-11,13-16H2,1-6H3,(H2,29,30)/t17-,18-,20+,21+,23-,24-,26-/m0/s1. The maximum atomic E-state index is 12.9. The number of allylic oxidation sites excluding steroid dienone is 3. The molecule has 198 valence electrons. The van der Waals surface area contributed by atoms with Gasteiger partial charge < -0.3 is 20.7 Å². The van der Waals surface area contributed by atoms with Gasteiger partial charge in [0.15, 0.2) is 0 Å². The number of aliphatic imine (C=N–C) groups is 1. The van der Waals surface area contributed by atoms with E-state index in [-0.39, 0.29) is 60.7 Å². The van der Waals surface area contributed by atoms with Gasteiger partial charge in [0.1, 0.15) is 17.7 Å². The number of ether oxygens (including phenoxy) is 1. The van der Waals surface area contributed by atoms with Crippen LogP contribution < -0.4 is 5.73 Å². The number of aliphatic hydroxyl groups is 2. The Morgan fingerprint density at radius 1 is 1.26 bits per heavy atom. The quantitative estimate of drug-likeness (QED) is 0.216. The van der Waals surface area contributed by atoms with Crippen LogP contribution in [0.5, 0.6) is 0 Å². The topological polar surface area (TPSA) is 122 Å². The van der Waals surface area contributed by atoms with Crippen LogP contribution in [-0.4, -0.2) is 53.2 Å². The summed E-state index contributed by atoms with van der Waals surface area (Å²) in [5, 5.41) is 20.9. The second-order valence-electron chi connectivity index (χ2n) is 11.2. The molecule has 35 heavy (non-hydrogen) atoms. The number of hydrogen-bond acceptors (Lipinski definition) is 6. The normalized spacial score (nSPS) is 28.6. The van der Waals surface area contributed by atoms with Crippen molar-refractivity contribution in [3.63, 3.8) is 0 Å². The summed E-state index contributed by atoms with van der Waals surface area (Å²) in [6.07, 6.45) is 7.71. The van der Waals surface area contributed by atoms with Crippen molar-refractivity contribution >= 4 is 17.6 Å². The minimum atomic E-state index is -0.915. The molecule has 0 radical (unpaired) electrons. The van der Waals surface area contributed by atoms with Gasteiger partial charge in [0.2, 0.25) is 0 Å². The molecule has 0 aromatic rings. The molecule has 2 aliphatic rings. The number of aliphatic hydroxyl groups excluding tert-OH is 2. The van der Waals surface area contributed by atoms with Gasteiger partial charge in [0.05, 0.1) is 24.0 Å². The second-order valence-corrected chi connectivity index (χ2v) is 11.2. The third-order valence-corrected chi connectivity index (χ3v) is 7.80. The number of amidine groups is 1. The molecule has 0 bridgehead atoms. The van der Waals surface area contributed by atoms with Gasteiger partial charge in [-0.25, -0.2) is 0 Å². The fourth-order valence-corrected chi connectivity index (χ4v) is 5.18. The van der Waals surface area contributed by atoms with Crippen LogP contribution in [-0.2, 0) is 14.3 Å². The Morgan fingerprint density at radius 2 is 1.94 bits per heavy atom. The molecular formula is C28H46N2O5. The molecule has 2 rings (SSSR count). The number of ketones is 1. The van der Waals surface area contributed by atoms with Crippen LogP contribution in [0, 0.1) is 29.1 Å². The average Bonchev–Trinajstić information content (AvgIpc) is 2.77. The van der Waals surface area contributed by atoms with Crippen LogP contribution in [0.3, 0.4) is 0 Å². The lowest BCUT2D eigenvalue weighted by Gasteiger charge is -2.44. The molecule has 7 heteroatoms. The maximum Gasteiger partial charge on any atom is 0.311 e. The molecule has 0 aromatic heterocycles. The van der Waals surface area contributed by atoms with Gasteiger partial charge in [-0.1, -0.05) is 39.0 Å². The summed E-state index contributed by atoms with van der Waals surface area (Å²) in [6, 6.07) is 0. The third-order valence-electron chi connectivity index (χ3n) is 7.80. The Morgan fingerprint density at radius 3 is 2.57 bits per heavy atom. The van der Waals surface area contributed by atoms with Gasteiger partial charge in [0.25, 0.3) is 0 Å². The summed E-state index contributed by atoms with van der Waals surface area (Å²) < 4.78 is 6.15. The fourth-order valence-electron chi connectivity index (χ4n) is 5.18. The smallest absolute Gasteiger partial charge is 0.311 e. The van der Waals surface area contributed by atoms with Crippen LogP contribution in [0.4, 0.5) is 0 Å². The number of fused-ring (bicyclic) bond motifs is 1. The van der Waals surface area contributed by atoms with Crippen LogP contribution in [0.15, 0.2) is 28.8 Å². The van der Waals surface area contributed by atoms with Crippen molar-refractivity contribution in [1.82, 2.24) is 0 Å². The van der Waals surface area contributed by atoms with E-state index in [1.165, 1.54) is 12.6 Å². The number of carbonyl (C=O) groups excluding carboxylic acids is 2. The molecule has 0 amide bonds. The predicted octanol–water partition coefficient (Wildman–Crippen LogP) is 3.97. The summed E-state index contributed by atoms with van der Waals surface area (Å²) >= 11 is 0. The van der Waals surface area contributed by atoms with Crippen LogP contribution in [0.2, 0.25) is 0 Å². The Kier molecular flexibility index (Phi) is 10.7. The molecule has 0 saturated heterocycles. The van der Waals surface area contributed by atoms with Gasteiger partial charge in [-0.3, -0.25) is 14.6 Å². The van der Waals surface area contributed by atoms with Crippen molar-refractivity contribution in [2.24, 2.45) is 39.8 Å². The van der Waals surface area contributed by atoms with Gasteiger partial charge in [-0.05, 0) is 69.3 Å². The zero-order valence-corrected chi connectivity index (χ0v) is 22.4. The molecule has 4 N–H and O–H groups in total. The van der Waals surface area contributed by atoms with Crippen molar-refractivity contribution in [3.8, 4) is 0 Å². The van der Waals surface area contributed by atoms with Crippen molar-refractivity contribution in [2.45, 2.75) is 97.9 Å². The van der Waals surface area contributed by atoms with E-state index in [0.717, 1.165) is 19.3 Å². The summed E-state index contributed by atoms with van der Waals surface area (Å²) in [6.45, 7) is 10.2. The first-order chi connectivity index (χ1) is 16.4. The Labute approximate surface area is 210 Å². The van der Waals surface area contributed by atoms with Gasteiger partial charge in [-0.2, -0.15) is 0 Å². The van der Waals surface area contributed by atoms with Crippen LogP contribution in [0.1, 0.15) is 79.6 Å². The summed E-state index contributed by atoms with van der Waals surface area (Å²) in [7, 11) is 1.52. The molecule has 0 aromatic carbocycles.